The summed E-state index contributed by atoms with van der Waals surface area (Å²) < 4.78 is 5.39. The van der Waals surface area contributed by atoms with Crippen LogP contribution in [0.1, 0.15) is 37.2 Å². The average molecular weight is 340 g/mol. The van der Waals surface area contributed by atoms with Crippen LogP contribution in [0.15, 0.2) is 36.4 Å². The van der Waals surface area contributed by atoms with Gasteiger partial charge in [-0.2, -0.15) is 0 Å². The summed E-state index contributed by atoms with van der Waals surface area (Å²) in [4.78, 5) is 14.5. The number of carbonyl (C=O) groups is 1. The Labute approximate surface area is 148 Å². The summed E-state index contributed by atoms with van der Waals surface area (Å²) in [5.74, 6) is 2.11. The monoisotopic (exact) mass is 340 g/mol. The van der Waals surface area contributed by atoms with E-state index in [4.69, 9.17) is 4.74 Å². The molecule has 0 spiro atoms. The molecule has 3 rings (SSSR count). The lowest BCUT2D eigenvalue weighted by molar-refractivity contribution is 0.102. The van der Waals surface area contributed by atoms with Gasteiger partial charge in [0.2, 0.25) is 0 Å². The summed E-state index contributed by atoms with van der Waals surface area (Å²) in [5.41, 5.74) is 1.01. The van der Waals surface area contributed by atoms with Gasteiger partial charge in [0.1, 0.15) is 5.75 Å². The number of piperidine rings is 1. The Morgan fingerprint density at radius 2 is 1.88 bits per heavy atom. The molecule has 1 aliphatic heterocycles. The fourth-order valence-corrected chi connectivity index (χ4v) is 2.85. The number of anilines is 2. The van der Waals surface area contributed by atoms with Crippen molar-refractivity contribution >= 4 is 17.4 Å². The maximum Gasteiger partial charge on any atom is 0.276 e. The fourth-order valence-electron chi connectivity index (χ4n) is 2.85. The lowest BCUT2D eigenvalue weighted by Gasteiger charge is -2.30. The third-order valence-corrected chi connectivity index (χ3v) is 4.41. The summed E-state index contributed by atoms with van der Waals surface area (Å²) in [7, 11) is 0. The summed E-state index contributed by atoms with van der Waals surface area (Å²) in [6.45, 7) is 6.81. The van der Waals surface area contributed by atoms with Crippen LogP contribution in [0.25, 0.3) is 0 Å². The minimum Gasteiger partial charge on any atom is -0.494 e. The lowest BCUT2D eigenvalue weighted by Crippen LogP contribution is -2.33. The van der Waals surface area contributed by atoms with Crippen LogP contribution in [0.4, 0.5) is 11.5 Å². The first-order valence-corrected chi connectivity index (χ1v) is 8.78. The zero-order chi connectivity index (χ0) is 17.6. The van der Waals surface area contributed by atoms with Crippen molar-refractivity contribution in [3.05, 3.63) is 42.1 Å². The molecule has 1 amide bonds. The van der Waals surface area contributed by atoms with E-state index in [0.29, 0.717) is 18.0 Å². The standard InChI is InChI=1S/C19H24N4O2/c1-3-25-16-6-4-15(5-7-16)20-19(24)17-8-9-18(22-21-17)23-12-10-14(2)11-13-23/h4-9,14H,3,10-13H2,1-2H3,(H,20,24). The molecule has 2 aromatic rings. The van der Waals surface area contributed by atoms with Crippen molar-refractivity contribution in [2.24, 2.45) is 5.92 Å². The van der Waals surface area contributed by atoms with Gasteiger partial charge < -0.3 is 15.0 Å². The van der Waals surface area contributed by atoms with E-state index in [-0.39, 0.29) is 5.91 Å². The quantitative estimate of drug-likeness (QED) is 0.904. The summed E-state index contributed by atoms with van der Waals surface area (Å²) >= 11 is 0. The first-order chi connectivity index (χ1) is 12.2. The first kappa shape index (κ1) is 17.2. The Morgan fingerprint density at radius 3 is 2.48 bits per heavy atom. The van der Waals surface area contributed by atoms with Gasteiger partial charge in [-0.1, -0.05) is 6.92 Å². The lowest BCUT2D eigenvalue weighted by atomic mass is 9.99. The minimum atomic E-state index is -0.268. The molecule has 0 saturated carbocycles. The largest absolute Gasteiger partial charge is 0.494 e. The molecule has 1 fully saturated rings. The molecule has 1 aliphatic rings. The van der Waals surface area contributed by atoms with Crippen molar-refractivity contribution in [1.29, 1.82) is 0 Å². The Kier molecular flexibility index (Phi) is 5.48. The van der Waals surface area contributed by atoms with Crippen molar-refractivity contribution in [3.63, 3.8) is 0 Å². The Bertz CT molecular complexity index is 692. The van der Waals surface area contributed by atoms with Crippen molar-refractivity contribution in [2.75, 3.05) is 29.9 Å². The van der Waals surface area contributed by atoms with Gasteiger partial charge in [-0.25, -0.2) is 0 Å². The maximum absolute atomic E-state index is 12.3. The fraction of sp³-hybridized carbons (Fsp3) is 0.421. The zero-order valence-electron chi connectivity index (χ0n) is 14.7. The van der Waals surface area contributed by atoms with Crippen LogP contribution in [0, 0.1) is 5.92 Å². The minimum absolute atomic E-state index is 0.268. The molecule has 0 bridgehead atoms. The van der Waals surface area contributed by atoms with Crippen LogP contribution in [-0.2, 0) is 0 Å². The van der Waals surface area contributed by atoms with Crippen LogP contribution < -0.4 is 15.0 Å². The zero-order valence-corrected chi connectivity index (χ0v) is 14.7. The summed E-state index contributed by atoms with van der Waals surface area (Å²) in [6.07, 6.45) is 2.34. The molecular formula is C19H24N4O2. The van der Waals surface area contributed by atoms with E-state index in [1.807, 2.05) is 25.1 Å². The number of nitrogens with zero attached hydrogens (tertiary/aromatic N) is 3. The third-order valence-electron chi connectivity index (χ3n) is 4.41. The van der Waals surface area contributed by atoms with Gasteiger partial charge in [-0.3, -0.25) is 4.79 Å². The van der Waals surface area contributed by atoms with Gasteiger partial charge in [0, 0.05) is 18.8 Å². The molecule has 1 saturated heterocycles. The number of hydrogen-bond donors (Lipinski definition) is 1. The third kappa shape index (κ3) is 4.47. The van der Waals surface area contributed by atoms with Gasteiger partial charge in [0.15, 0.2) is 11.5 Å². The van der Waals surface area contributed by atoms with Crippen LogP contribution in [0.3, 0.4) is 0 Å². The highest BCUT2D eigenvalue weighted by Crippen LogP contribution is 2.21. The molecule has 132 valence electrons. The normalized spacial score (nSPS) is 15.0. The highest BCUT2D eigenvalue weighted by Gasteiger charge is 2.18. The molecule has 2 heterocycles. The summed E-state index contributed by atoms with van der Waals surface area (Å²) in [6, 6.07) is 10.9. The molecule has 0 radical (unpaired) electrons. The first-order valence-electron chi connectivity index (χ1n) is 8.78. The second-order valence-electron chi connectivity index (χ2n) is 6.36. The summed E-state index contributed by atoms with van der Waals surface area (Å²) in [5, 5.41) is 11.1. The van der Waals surface area contributed by atoms with E-state index in [0.717, 1.165) is 30.6 Å². The number of benzene rings is 1. The molecule has 0 atom stereocenters. The molecule has 0 unspecified atom stereocenters. The van der Waals surface area contributed by atoms with E-state index < -0.39 is 0 Å². The van der Waals surface area contributed by atoms with Crippen molar-refractivity contribution in [3.8, 4) is 5.75 Å². The van der Waals surface area contributed by atoms with Crippen molar-refractivity contribution in [2.45, 2.75) is 26.7 Å². The maximum atomic E-state index is 12.3. The SMILES string of the molecule is CCOc1ccc(NC(=O)c2ccc(N3CCC(C)CC3)nn2)cc1. The highest BCUT2D eigenvalue weighted by molar-refractivity contribution is 6.02. The number of ether oxygens (including phenoxy) is 1. The molecule has 25 heavy (non-hydrogen) atoms. The second kappa shape index (κ2) is 7.96. The number of rotatable bonds is 5. The average Bonchev–Trinajstić information content (AvgIpc) is 2.64. The van der Waals surface area contributed by atoms with Gasteiger partial charge in [0.05, 0.1) is 6.61 Å². The van der Waals surface area contributed by atoms with Crippen LogP contribution >= 0.6 is 0 Å². The van der Waals surface area contributed by atoms with Crippen LogP contribution in [-0.4, -0.2) is 35.8 Å². The topological polar surface area (TPSA) is 67.3 Å². The molecule has 1 N–H and O–H groups in total. The Hall–Kier alpha value is -2.63. The highest BCUT2D eigenvalue weighted by atomic mass is 16.5. The molecule has 1 aromatic heterocycles. The van der Waals surface area contributed by atoms with Gasteiger partial charge in [0.25, 0.3) is 5.91 Å². The smallest absolute Gasteiger partial charge is 0.276 e. The molecule has 0 aliphatic carbocycles. The van der Waals surface area contributed by atoms with Crippen molar-refractivity contribution in [1.82, 2.24) is 10.2 Å². The number of hydrogen-bond acceptors (Lipinski definition) is 5. The predicted molar refractivity (Wildman–Crippen MR) is 98.2 cm³/mol. The number of amides is 1. The van der Waals surface area contributed by atoms with Gasteiger partial charge in [-0.15, -0.1) is 10.2 Å². The number of nitrogens with one attached hydrogen (secondary N) is 1. The molecule has 6 heteroatoms. The second-order valence-corrected chi connectivity index (χ2v) is 6.36. The Balaban J connectivity index is 1.60. The predicted octanol–water partition coefficient (Wildman–Crippen LogP) is 3.36. The molecule has 6 nitrogen and oxygen atoms in total. The van der Waals surface area contributed by atoms with Crippen LogP contribution in [0.2, 0.25) is 0 Å². The van der Waals surface area contributed by atoms with Crippen LogP contribution in [0.5, 0.6) is 5.75 Å². The van der Waals surface area contributed by atoms with Gasteiger partial charge in [-0.05, 0) is 62.1 Å². The van der Waals surface area contributed by atoms with E-state index in [1.165, 1.54) is 12.8 Å². The van der Waals surface area contributed by atoms with E-state index in [2.05, 4.69) is 27.3 Å². The van der Waals surface area contributed by atoms with E-state index in [1.54, 1.807) is 18.2 Å². The molecule has 1 aromatic carbocycles. The van der Waals surface area contributed by atoms with E-state index in [9.17, 15) is 4.79 Å². The Morgan fingerprint density at radius 1 is 1.16 bits per heavy atom. The number of aromatic nitrogens is 2. The molecular weight excluding hydrogens is 316 g/mol. The van der Waals surface area contributed by atoms with Crippen molar-refractivity contribution < 1.29 is 9.53 Å². The van der Waals surface area contributed by atoms with Gasteiger partial charge >= 0.3 is 0 Å². The number of carbonyl (C=O) groups excluding carboxylic acids is 1. The van der Waals surface area contributed by atoms with E-state index >= 15 is 0 Å².